The van der Waals surface area contributed by atoms with Crippen LogP contribution in [0.15, 0.2) is 0 Å². The molecule has 2 rings (SSSR count). The van der Waals surface area contributed by atoms with E-state index in [0.29, 0.717) is 5.91 Å². The maximum absolute atomic E-state index is 12.3. The molecular formula is C13H24N2O2. The Morgan fingerprint density at radius 1 is 1.35 bits per heavy atom. The monoisotopic (exact) mass is 240 g/mol. The van der Waals surface area contributed by atoms with Crippen LogP contribution in [0.25, 0.3) is 0 Å². The summed E-state index contributed by atoms with van der Waals surface area (Å²) in [5, 5.41) is 12.9. The number of amides is 1. The molecule has 0 aromatic heterocycles. The highest BCUT2D eigenvalue weighted by atomic mass is 16.3. The summed E-state index contributed by atoms with van der Waals surface area (Å²) in [6, 6.07) is 0. The topological polar surface area (TPSA) is 52.6 Å². The van der Waals surface area contributed by atoms with Crippen molar-refractivity contribution in [2.24, 2.45) is 11.8 Å². The van der Waals surface area contributed by atoms with Crippen LogP contribution < -0.4 is 5.32 Å². The number of hydrogen-bond acceptors (Lipinski definition) is 3. The molecule has 0 unspecified atom stereocenters. The van der Waals surface area contributed by atoms with Crippen LogP contribution in [0.4, 0.5) is 0 Å². The third kappa shape index (κ3) is 3.19. The maximum Gasteiger partial charge on any atom is 0.225 e. The van der Waals surface area contributed by atoms with Gasteiger partial charge in [0, 0.05) is 24.9 Å². The van der Waals surface area contributed by atoms with Crippen LogP contribution in [0.1, 0.15) is 32.6 Å². The molecule has 4 heteroatoms. The second-order valence-electron chi connectivity index (χ2n) is 5.45. The van der Waals surface area contributed by atoms with Crippen LogP contribution in [0.3, 0.4) is 0 Å². The molecule has 0 aliphatic carbocycles. The highest BCUT2D eigenvalue weighted by Crippen LogP contribution is 2.23. The molecule has 0 spiro atoms. The molecule has 98 valence electrons. The van der Waals surface area contributed by atoms with E-state index >= 15 is 0 Å². The SMILES string of the molecule is C[C@H](O)[C@H]1CCCN(C(=O)C2CCNCC2)C1. The van der Waals surface area contributed by atoms with Gasteiger partial charge in [-0.15, -0.1) is 0 Å². The van der Waals surface area contributed by atoms with Crippen molar-refractivity contribution in [2.75, 3.05) is 26.2 Å². The number of nitrogens with zero attached hydrogens (tertiary/aromatic N) is 1. The molecule has 0 radical (unpaired) electrons. The van der Waals surface area contributed by atoms with Crippen molar-refractivity contribution < 1.29 is 9.90 Å². The molecule has 0 bridgehead atoms. The molecule has 17 heavy (non-hydrogen) atoms. The first kappa shape index (κ1) is 12.8. The molecule has 0 aromatic carbocycles. The van der Waals surface area contributed by atoms with E-state index in [1.807, 2.05) is 11.8 Å². The first-order valence-electron chi connectivity index (χ1n) is 6.86. The second-order valence-corrected chi connectivity index (χ2v) is 5.45. The van der Waals surface area contributed by atoms with Crippen molar-refractivity contribution in [3.8, 4) is 0 Å². The lowest BCUT2D eigenvalue weighted by molar-refractivity contribution is -0.139. The van der Waals surface area contributed by atoms with Crippen LogP contribution in [-0.2, 0) is 4.79 Å². The number of aliphatic hydroxyl groups excluding tert-OH is 1. The van der Waals surface area contributed by atoms with Gasteiger partial charge >= 0.3 is 0 Å². The average molecular weight is 240 g/mol. The Labute approximate surface area is 103 Å². The molecule has 1 amide bonds. The van der Waals surface area contributed by atoms with Gasteiger partial charge in [0.05, 0.1) is 6.10 Å². The Bertz CT molecular complexity index is 262. The average Bonchev–Trinajstić information content (AvgIpc) is 2.39. The van der Waals surface area contributed by atoms with Crippen molar-refractivity contribution in [1.29, 1.82) is 0 Å². The third-order valence-electron chi connectivity index (χ3n) is 4.14. The molecule has 2 aliphatic heterocycles. The predicted molar refractivity (Wildman–Crippen MR) is 66.6 cm³/mol. The maximum atomic E-state index is 12.3. The zero-order valence-corrected chi connectivity index (χ0v) is 10.7. The smallest absolute Gasteiger partial charge is 0.225 e. The number of rotatable bonds is 2. The van der Waals surface area contributed by atoms with Gasteiger partial charge in [0.25, 0.3) is 0 Å². The largest absolute Gasteiger partial charge is 0.393 e. The van der Waals surface area contributed by atoms with E-state index in [2.05, 4.69) is 5.32 Å². The van der Waals surface area contributed by atoms with E-state index in [4.69, 9.17) is 0 Å². The number of aliphatic hydroxyl groups is 1. The number of carbonyl (C=O) groups is 1. The van der Waals surface area contributed by atoms with Crippen molar-refractivity contribution in [1.82, 2.24) is 10.2 Å². The number of nitrogens with one attached hydrogen (secondary N) is 1. The third-order valence-corrected chi connectivity index (χ3v) is 4.14. The van der Waals surface area contributed by atoms with Gasteiger partial charge in [-0.1, -0.05) is 0 Å². The summed E-state index contributed by atoms with van der Waals surface area (Å²) < 4.78 is 0. The lowest BCUT2D eigenvalue weighted by Crippen LogP contribution is -2.47. The van der Waals surface area contributed by atoms with E-state index in [1.54, 1.807) is 0 Å². The van der Waals surface area contributed by atoms with Gasteiger partial charge in [-0.3, -0.25) is 4.79 Å². The Morgan fingerprint density at radius 2 is 2.06 bits per heavy atom. The lowest BCUT2D eigenvalue weighted by Gasteiger charge is -2.37. The minimum atomic E-state index is -0.293. The highest BCUT2D eigenvalue weighted by Gasteiger charge is 2.30. The number of hydrogen-bond donors (Lipinski definition) is 2. The van der Waals surface area contributed by atoms with Crippen LogP contribution in [0, 0.1) is 11.8 Å². The van der Waals surface area contributed by atoms with Gasteiger partial charge in [0.1, 0.15) is 0 Å². The number of carbonyl (C=O) groups excluding carboxylic acids is 1. The van der Waals surface area contributed by atoms with Crippen molar-refractivity contribution in [3.63, 3.8) is 0 Å². The molecule has 2 N–H and O–H groups in total. The molecule has 2 fully saturated rings. The van der Waals surface area contributed by atoms with E-state index in [0.717, 1.165) is 51.9 Å². The standard InChI is InChI=1S/C13H24N2O2/c1-10(16)12-3-2-8-15(9-12)13(17)11-4-6-14-7-5-11/h10-12,14,16H,2-9H2,1H3/t10-,12-/m0/s1. The highest BCUT2D eigenvalue weighted by molar-refractivity contribution is 5.79. The summed E-state index contributed by atoms with van der Waals surface area (Å²) in [7, 11) is 0. The Kier molecular flexibility index (Phi) is 4.40. The molecule has 2 heterocycles. The molecule has 2 aliphatic rings. The minimum Gasteiger partial charge on any atom is -0.393 e. The van der Waals surface area contributed by atoms with Crippen LogP contribution in [0.2, 0.25) is 0 Å². The number of likely N-dealkylation sites (tertiary alicyclic amines) is 1. The summed E-state index contributed by atoms with van der Waals surface area (Å²) in [4.78, 5) is 14.3. The van der Waals surface area contributed by atoms with Crippen LogP contribution in [0.5, 0.6) is 0 Å². The van der Waals surface area contributed by atoms with Gasteiger partial charge in [-0.2, -0.15) is 0 Å². The molecule has 0 aromatic rings. The summed E-state index contributed by atoms with van der Waals surface area (Å²) >= 11 is 0. The molecule has 2 saturated heterocycles. The Hall–Kier alpha value is -0.610. The fraction of sp³-hybridized carbons (Fsp3) is 0.923. The van der Waals surface area contributed by atoms with Gasteiger partial charge in [-0.25, -0.2) is 0 Å². The van der Waals surface area contributed by atoms with Gasteiger partial charge in [-0.05, 0) is 45.7 Å². The second kappa shape index (κ2) is 5.83. The van der Waals surface area contributed by atoms with Crippen LogP contribution in [-0.4, -0.2) is 48.2 Å². The molecular weight excluding hydrogens is 216 g/mol. The molecule has 4 nitrogen and oxygen atoms in total. The van der Waals surface area contributed by atoms with Crippen molar-refractivity contribution in [3.05, 3.63) is 0 Å². The molecule has 0 saturated carbocycles. The van der Waals surface area contributed by atoms with Crippen molar-refractivity contribution >= 4 is 5.91 Å². The predicted octanol–water partition coefficient (Wildman–Crippen LogP) is 0.605. The summed E-state index contributed by atoms with van der Waals surface area (Å²) in [5.41, 5.74) is 0. The lowest BCUT2D eigenvalue weighted by atomic mass is 9.90. The zero-order chi connectivity index (χ0) is 12.3. The Morgan fingerprint density at radius 3 is 2.71 bits per heavy atom. The van der Waals surface area contributed by atoms with Crippen molar-refractivity contribution in [2.45, 2.75) is 38.7 Å². The van der Waals surface area contributed by atoms with Gasteiger partial charge < -0.3 is 15.3 Å². The quantitative estimate of drug-likeness (QED) is 0.743. The molecule has 2 atom stereocenters. The normalized spacial score (nSPS) is 29.1. The fourth-order valence-electron chi connectivity index (χ4n) is 2.93. The summed E-state index contributed by atoms with van der Waals surface area (Å²) in [5.74, 6) is 0.801. The van der Waals surface area contributed by atoms with E-state index < -0.39 is 0 Å². The van der Waals surface area contributed by atoms with E-state index in [9.17, 15) is 9.90 Å². The summed E-state index contributed by atoms with van der Waals surface area (Å²) in [6.45, 7) is 5.39. The van der Waals surface area contributed by atoms with Gasteiger partial charge in [0.2, 0.25) is 5.91 Å². The first-order valence-corrected chi connectivity index (χ1v) is 6.86. The minimum absolute atomic E-state index is 0.212. The zero-order valence-electron chi connectivity index (χ0n) is 10.7. The summed E-state index contributed by atoms with van der Waals surface area (Å²) in [6.07, 6.45) is 3.72. The Balaban J connectivity index is 1.89. The van der Waals surface area contributed by atoms with E-state index in [1.165, 1.54) is 0 Å². The van der Waals surface area contributed by atoms with Crippen LogP contribution >= 0.6 is 0 Å². The van der Waals surface area contributed by atoms with Gasteiger partial charge in [0.15, 0.2) is 0 Å². The van der Waals surface area contributed by atoms with E-state index in [-0.39, 0.29) is 17.9 Å². The fourth-order valence-corrected chi connectivity index (χ4v) is 2.93. The first-order chi connectivity index (χ1) is 8.18. The number of piperidine rings is 2.